The first-order valence-electron chi connectivity index (χ1n) is 10.1. The van der Waals surface area contributed by atoms with Crippen molar-refractivity contribution < 1.29 is 23.1 Å². The fourth-order valence-corrected chi connectivity index (χ4v) is 4.70. The SMILES string of the molecule is C[C@@H]1CN(C(=O)C(C)(O)C(F)(F)F)CCC1C1(c2nc(-c3ccccc3)n[nH]2)CC1. The lowest BCUT2D eigenvalue weighted by atomic mass is 9.74. The number of H-pyrrole nitrogens is 1. The summed E-state index contributed by atoms with van der Waals surface area (Å²) in [5, 5.41) is 17.2. The molecule has 1 aliphatic heterocycles. The number of alkyl halides is 3. The van der Waals surface area contributed by atoms with Crippen molar-refractivity contribution in [2.75, 3.05) is 13.1 Å². The summed E-state index contributed by atoms with van der Waals surface area (Å²) >= 11 is 0. The summed E-state index contributed by atoms with van der Waals surface area (Å²) in [5.74, 6) is 0.295. The van der Waals surface area contributed by atoms with Crippen LogP contribution < -0.4 is 0 Å². The number of carbonyl (C=O) groups excluding carboxylic acids is 1. The Morgan fingerprint density at radius 2 is 1.93 bits per heavy atom. The Balaban J connectivity index is 1.49. The standard InChI is InChI=1S/C21H25F3N4O2/c1-13-12-28(18(29)19(2,30)21(22,23)24)11-8-15(13)20(9-10-20)17-25-16(26-27-17)14-6-4-3-5-7-14/h3-7,13,15,30H,8-12H2,1-2H3,(H,25,26,27)/t13-,15?,19?/m1/s1. The van der Waals surface area contributed by atoms with Gasteiger partial charge in [0.2, 0.25) is 5.60 Å². The quantitative estimate of drug-likeness (QED) is 0.792. The number of likely N-dealkylation sites (tertiary alicyclic amines) is 1. The molecule has 1 amide bonds. The smallest absolute Gasteiger partial charge is 0.373 e. The van der Waals surface area contributed by atoms with E-state index in [2.05, 4.69) is 10.2 Å². The first-order valence-corrected chi connectivity index (χ1v) is 10.1. The van der Waals surface area contributed by atoms with E-state index in [1.807, 2.05) is 37.3 Å². The minimum atomic E-state index is -5.00. The highest BCUT2D eigenvalue weighted by atomic mass is 19.4. The maximum Gasteiger partial charge on any atom is 0.426 e. The molecule has 2 fully saturated rings. The molecule has 2 heterocycles. The highest BCUT2D eigenvalue weighted by Crippen LogP contribution is 2.57. The van der Waals surface area contributed by atoms with Gasteiger partial charge in [-0.3, -0.25) is 9.89 Å². The molecule has 162 valence electrons. The zero-order valence-corrected chi connectivity index (χ0v) is 16.9. The predicted octanol–water partition coefficient (Wildman–Crippen LogP) is 3.30. The summed E-state index contributed by atoms with van der Waals surface area (Å²) < 4.78 is 39.2. The number of rotatable bonds is 4. The Morgan fingerprint density at radius 3 is 2.50 bits per heavy atom. The van der Waals surface area contributed by atoms with Crippen LogP contribution in [0.5, 0.6) is 0 Å². The molecule has 1 aromatic carbocycles. The zero-order chi connectivity index (χ0) is 21.7. The van der Waals surface area contributed by atoms with E-state index < -0.39 is 17.7 Å². The van der Waals surface area contributed by atoms with Crippen molar-refractivity contribution in [2.45, 2.75) is 50.3 Å². The van der Waals surface area contributed by atoms with Crippen LogP contribution in [0.1, 0.15) is 38.9 Å². The predicted molar refractivity (Wildman–Crippen MR) is 103 cm³/mol. The maximum absolute atomic E-state index is 13.1. The molecule has 30 heavy (non-hydrogen) atoms. The summed E-state index contributed by atoms with van der Waals surface area (Å²) in [7, 11) is 0. The molecule has 1 aromatic heterocycles. The van der Waals surface area contributed by atoms with E-state index in [-0.39, 0.29) is 30.3 Å². The van der Waals surface area contributed by atoms with Crippen LogP contribution >= 0.6 is 0 Å². The number of hydrogen-bond acceptors (Lipinski definition) is 4. The summed E-state index contributed by atoms with van der Waals surface area (Å²) in [4.78, 5) is 18.2. The number of aromatic nitrogens is 3. The Hall–Kier alpha value is -2.42. The van der Waals surface area contributed by atoms with Gasteiger partial charge in [-0.15, -0.1) is 0 Å². The van der Waals surface area contributed by atoms with E-state index in [0.29, 0.717) is 19.2 Å². The number of amides is 1. The highest BCUT2D eigenvalue weighted by molar-refractivity contribution is 5.85. The average molecular weight is 422 g/mol. The number of nitrogens with one attached hydrogen (secondary N) is 1. The normalized spacial score (nSPS) is 25.6. The fraction of sp³-hybridized carbons (Fsp3) is 0.571. The number of hydrogen-bond donors (Lipinski definition) is 2. The number of aromatic amines is 1. The lowest BCUT2D eigenvalue weighted by molar-refractivity contribution is -0.251. The fourth-order valence-electron chi connectivity index (χ4n) is 4.70. The van der Waals surface area contributed by atoms with Crippen LogP contribution in [0.4, 0.5) is 13.2 Å². The third-order valence-electron chi connectivity index (χ3n) is 6.65. The second-order valence-corrected chi connectivity index (χ2v) is 8.72. The van der Waals surface area contributed by atoms with E-state index in [1.165, 1.54) is 0 Å². The van der Waals surface area contributed by atoms with Crippen LogP contribution in [0.25, 0.3) is 11.4 Å². The van der Waals surface area contributed by atoms with Gasteiger partial charge in [-0.05, 0) is 38.0 Å². The van der Waals surface area contributed by atoms with Crippen LogP contribution in [0.15, 0.2) is 30.3 Å². The van der Waals surface area contributed by atoms with Crippen molar-refractivity contribution >= 4 is 5.91 Å². The average Bonchev–Trinajstić information content (AvgIpc) is 3.35. The Bertz CT molecular complexity index is 922. The topological polar surface area (TPSA) is 82.1 Å². The highest BCUT2D eigenvalue weighted by Gasteiger charge is 2.59. The first kappa shape index (κ1) is 20.8. The van der Waals surface area contributed by atoms with Crippen LogP contribution in [-0.2, 0) is 10.2 Å². The van der Waals surface area contributed by atoms with Crippen molar-refractivity contribution in [3.05, 3.63) is 36.2 Å². The summed E-state index contributed by atoms with van der Waals surface area (Å²) in [6, 6.07) is 9.63. The molecule has 2 N–H and O–H groups in total. The largest absolute Gasteiger partial charge is 0.426 e. The van der Waals surface area contributed by atoms with Crippen molar-refractivity contribution in [1.82, 2.24) is 20.1 Å². The number of nitrogens with zero attached hydrogens (tertiary/aromatic N) is 3. The van der Waals surface area contributed by atoms with Gasteiger partial charge in [0.1, 0.15) is 5.82 Å². The maximum atomic E-state index is 13.1. The Labute approximate surface area is 172 Å². The van der Waals surface area contributed by atoms with Crippen molar-refractivity contribution in [3.63, 3.8) is 0 Å². The molecule has 6 nitrogen and oxygen atoms in total. The molecule has 2 aromatic rings. The van der Waals surface area contributed by atoms with Gasteiger partial charge < -0.3 is 10.0 Å². The molecule has 0 spiro atoms. The number of carbonyl (C=O) groups is 1. The van der Waals surface area contributed by atoms with E-state index >= 15 is 0 Å². The molecule has 2 unspecified atom stereocenters. The number of benzene rings is 1. The molecule has 9 heteroatoms. The summed E-state index contributed by atoms with van der Waals surface area (Å²) in [5.41, 5.74) is -2.63. The van der Waals surface area contributed by atoms with Gasteiger partial charge in [0, 0.05) is 24.1 Å². The molecular formula is C21H25F3N4O2. The monoisotopic (exact) mass is 422 g/mol. The number of halogens is 3. The van der Waals surface area contributed by atoms with Crippen molar-refractivity contribution in [2.24, 2.45) is 11.8 Å². The molecule has 0 radical (unpaired) electrons. The van der Waals surface area contributed by atoms with E-state index in [1.54, 1.807) is 0 Å². The van der Waals surface area contributed by atoms with Crippen LogP contribution in [0.2, 0.25) is 0 Å². The minimum absolute atomic E-state index is 0.0282. The summed E-state index contributed by atoms with van der Waals surface area (Å²) in [6.07, 6.45) is -2.59. The van der Waals surface area contributed by atoms with Gasteiger partial charge in [0.25, 0.3) is 5.91 Å². The molecular weight excluding hydrogens is 397 g/mol. The van der Waals surface area contributed by atoms with Gasteiger partial charge in [-0.2, -0.15) is 18.3 Å². The molecule has 3 atom stereocenters. The lowest BCUT2D eigenvalue weighted by Crippen LogP contribution is -2.59. The van der Waals surface area contributed by atoms with Gasteiger partial charge >= 0.3 is 6.18 Å². The van der Waals surface area contributed by atoms with E-state index in [4.69, 9.17) is 4.98 Å². The van der Waals surface area contributed by atoms with Gasteiger partial charge in [-0.1, -0.05) is 37.3 Å². The molecule has 2 aliphatic rings. The van der Waals surface area contributed by atoms with Crippen LogP contribution in [0, 0.1) is 11.8 Å². The molecule has 1 saturated heterocycles. The van der Waals surface area contributed by atoms with Gasteiger partial charge in [0.05, 0.1) is 0 Å². The van der Waals surface area contributed by atoms with Crippen molar-refractivity contribution in [1.29, 1.82) is 0 Å². The van der Waals surface area contributed by atoms with Gasteiger partial charge in [-0.25, -0.2) is 4.98 Å². The first-order chi connectivity index (χ1) is 14.1. The molecule has 4 rings (SSSR count). The number of aliphatic hydroxyl groups is 1. The second kappa shape index (κ2) is 7.08. The third-order valence-corrected chi connectivity index (χ3v) is 6.65. The third kappa shape index (κ3) is 3.38. The molecule has 0 bridgehead atoms. The molecule has 1 saturated carbocycles. The second-order valence-electron chi connectivity index (χ2n) is 8.72. The summed E-state index contributed by atoms with van der Waals surface area (Å²) in [6.45, 7) is 2.83. The Morgan fingerprint density at radius 1 is 1.27 bits per heavy atom. The minimum Gasteiger partial charge on any atom is -0.373 e. The van der Waals surface area contributed by atoms with E-state index in [0.717, 1.165) is 29.1 Å². The Kier molecular flexibility index (Phi) is 4.91. The van der Waals surface area contributed by atoms with Gasteiger partial charge in [0.15, 0.2) is 5.82 Å². The van der Waals surface area contributed by atoms with Crippen LogP contribution in [-0.4, -0.2) is 56.0 Å². The van der Waals surface area contributed by atoms with Crippen molar-refractivity contribution in [3.8, 4) is 11.4 Å². The lowest BCUT2D eigenvalue weighted by Gasteiger charge is -2.42. The molecule has 1 aliphatic carbocycles. The van der Waals surface area contributed by atoms with E-state index in [9.17, 15) is 23.1 Å². The van der Waals surface area contributed by atoms with Crippen LogP contribution in [0.3, 0.4) is 0 Å². The zero-order valence-electron chi connectivity index (χ0n) is 16.9. The number of piperidine rings is 1.